The number of aromatic amines is 1. The van der Waals surface area contributed by atoms with Gasteiger partial charge in [-0.3, -0.25) is 0 Å². The quantitative estimate of drug-likeness (QED) is 0.707. The molecule has 0 fully saturated rings. The molecule has 25 heavy (non-hydrogen) atoms. The fourth-order valence-corrected chi connectivity index (χ4v) is 2.23. The van der Waals surface area contributed by atoms with Gasteiger partial charge in [-0.1, -0.05) is 0 Å². The van der Waals surface area contributed by atoms with E-state index in [4.69, 9.17) is 5.26 Å². The Bertz CT molecular complexity index is 1020. The third-order valence-electron chi connectivity index (χ3n) is 3.35. The number of fused-ring (bicyclic) bond motifs is 1. The van der Waals surface area contributed by atoms with Gasteiger partial charge in [0.1, 0.15) is 18.3 Å². The van der Waals surface area contributed by atoms with Crippen molar-refractivity contribution >= 4 is 17.0 Å². The van der Waals surface area contributed by atoms with Gasteiger partial charge in [-0.15, -0.1) is 0 Å². The predicted octanol–water partition coefficient (Wildman–Crippen LogP) is 2.85. The lowest BCUT2D eigenvalue weighted by Gasteiger charge is -2.07. The van der Waals surface area contributed by atoms with Gasteiger partial charge in [-0.05, 0) is 6.07 Å². The van der Waals surface area contributed by atoms with Gasteiger partial charge >= 0.3 is 6.18 Å². The lowest BCUT2D eigenvalue weighted by Crippen LogP contribution is -2.06. The van der Waals surface area contributed by atoms with Crippen molar-refractivity contribution in [1.82, 2.24) is 19.9 Å². The Hall–Kier alpha value is -3.66. The van der Waals surface area contributed by atoms with Crippen LogP contribution < -0.4 is 5.32 Å². The minimum Gasteiger partial charge on any atom is -0.345 e. The summed E-state index contributed by atoms with van der Waals surface area (Å²) in [6.45, 7) is -0.0565. The Morgan fingerprint density at radius 1 is 1.20 bits per heavy atom. The lowest BCUT2D eigenvalue weighted by atomic mass is 10.1. The van der Waals surface area contributed by atoms with Gasteiger partial charge < -0.3 is 10.3 Å². The Kier molecular flexibility index (Phi) is 3.95. The van der Waals surface area contributed by atoms with Gasteiger partial charge in [0.15, 0.2) is 0 Å². The van der Waals surface area contributed by atoms with Crippen molar-refractivity contribution in [1.29, 1.82) is 10.5 Å². The second kappa shape index (κ2) is 6.09. The van der Waals surface area contributed by atoms with E-state index in [1.165, 1.54) is 12.4 Å². The first-order valence-corrected chi connectivity index (χ1v) is 6.86. The summed E-state index contributed by atoms with van der Waals surface area (Å²) in [7, 11) is 0. The average Bonchev–Trinajstić information content (AvgIpc) is 3.02. The van der Waals surface area contributed by atoms with E-state index >= 15 is 0 Å². The second-order valence-corrected chi connectivity index (χ2v) is 4.90. The third-order valence-corrected chi connectivity index (χ3v) is 3.35. The van der Waals surface area contributed by atoms with Crippen LogP contribution in [0.3, 0.4) is 0 Å². The summed E-state index contributed by atoms with van der Waals surface area (Å²) in [5.74, 6) is 0.0878. The van der Waals surface area contributed by atoms with Crippen LogP contribution in [0.1, 0.15) is 11.1 Å². The van der Waals surface area contributed by atoms with E-state index in [0.29, 0.717) is 0 Å². The number of nitriles is 2. The highest BCUT2D eigenvalue weighted by Gasteiger charge is 2.31. The Morgan fingerprint density at radius 2 is 2.00 bits per heavy atom. The number of rotatable bonds is 3. The summed E-state index contributed by atoms with van der Waals surface area (Å²) in [6.07, 6.45) is -1.15. The summed E-state index contributed by atoms with van der Waals surface area (Å²) >= 11 is 0. The van der Waals surface area contributed by atoms with Gasteiger partial charge in [0.2, 0.25) is 5.95 Å². The molecule has 3 aromatic rings. The molecule has 0 bridgehead atoms. The number of hydrogen-bond donors (Lipinski definition) is 2. The van der Waals surface area contributed by atoms with E-state index in [-0.39, 0.29) is 40.3 Å². The molecular formula is C15H8F3N7. The molecule has 0 atom stereocenters. The predicted molar refractivity (Wildman–Crippen MR) is 80.9 cm³/mol. The number of alkyl halides is 3. The monoisotopic (exact) mass is 343 g/mol. The van der Waals surface area contributed by atoms with Crippen LogP contribution in [0.4, 0.5) is 19.1 Å². The number of hydrogen-bond acceptors (Lipinski definition) is 6. The number of nitrogens with zero attached hydrogens (tertiary/aromatic N) is 5. The standard InChI is InChI=1S/C15H8F3N7/c16-15(17,18)9-3-10-11(7-23-13(10)22-6-9)12-8(4-20)5-24-14(25-12)21-2-1-19/h3,5-7H,2H2,(H,22,23)(H,21,24,25). The smallest absolute Gasteiger partial charge is 0.345 e. The molecule has 124 valence electrons. The summed E-state index contributed by atoms with van der Waals surface area (Å²) in [4.78, 5) is 14.6. The second-order valence-electron chi connectivity index (χ2n) is 4.90. The van der Waals surface area contributed by atoms with Crippen molar-refractivity contribution in [2.45, 2.75) is 6.18 Å². The van der Waals surface area contributed by atoms with Crippen molar-refractivity contribution in [3.05, 3.63) is 35.8 Å². The van der Waals surface area contributed by atoms with E-state index in [0.717, 1.165) is 12.3 Å². The van der Waals surface area contributed by atoms with E-state index in [2.05, 4.69) is 25.3 Å². The largest absolute Gasteiger partial charge is 0.417 e. The van der Waals surface area contributed by atoms with Crippen molar-refractivity contribution in [3.8, 4) is 23.4 Å². The molecule has 7 nitrogen and oxygen atoms in total. The SMILES string of the molecule is N#CCNc1ncc(C#N)c(-c2c[nH]c3ncc(C(F)(F)F)cc23)n1. The molecule has 0 amide bonds. The molecule has 0 aromatic carbocycles. The van der Waals surface area contributed by atoms with Gasteiger partial charge in [0.25, 0.3) is 0 Å². The molecule has 0 saturated carbocycles. The van der Waals surface area contributed by atoms with Crippen LogP contribution in [0.2, 0.25) is 0 Å². The fourth-order valence-electron chi connectivity index (χ4n) is 2.23. The Balaban J connectivity index is 2.19. The maximum Gasteiger partial charge on any atom is 0.417 e. The van der Waals surface area contributed by atoms with Gasteiger partial charge in [-0.2, -0.15) is 23.7 Å². The van der Waals surface area contributed by atoms with Crippen LogP contribution in [-0.2, 0) is 6.18 Å². The molecule has 3 aromatic heterocycles. The molecule has 0 saturated heterocycles. The minimum atomic E-state index is -4.54. The normalized spacial score (nSPS) is 11.1. The van der Waals surface area contributed by atoms with Gasteiger partial charge in [0, 0.05) is 23.3 Å². The highest BCUT2D eigenvalue weighted by atomic mass is 19.4. The zero-order valence-electron chi connectivity index (χ0n) is 12.4. The summed E-state index contributed by atoms with van der Waals surface area (Å²) in [6, 6.07) is 4.70. The molecule has 0 unspecified atom stereocenters. The molecular weight excluding hydrogens is 335 g/mol. The first kappa shape index (κ1) is 16.2. The van der Waals surface area contributed by atoms with Crippen LogP contribution in [0.25, 0.3) is 22.3 Å². The highest BCUT2D eigenvalue weighted by molar-refractivity contribution is 5.94. The van der Waals surface area contributed by atoms with Crippen molar-refractivity contribution in [2.24, 2.45) is 0 Å². The van der Waals surface area contributed by atoms with Crippen molar-refractivity contribution in [2.75, 3.05) is 11.9 Å². The zero-order valence-corrected chi connectivity index (χ0v) is 12.4. The Labute approximate surface area is 138 Å². The first-order valence-electron chi connectivity index (χ1n) is 6.86. The zero-order chi connectivity index (χ0) is 18.0. The number of nitrogens with one attached hydrogen (secondary N) is 2. The van der Waals surface area contributed by atoms with E-state index in [1.54, 1.807) is 0 Å². The maximum atomic E-state index is 12.9. The number of halogens is 3. The summed E-state index contributed by atoms with van der Waals surface area (Å²) in [5.41, 5.74) is -0.160. The van der Waals surface area contributed by atoms with Crippen LogP contribution in [0.15, 0.2) is 24.7 Å². The summed E-state index contributed by atoms with van der Waals surface area (Å²) in [5, 5.41) is 20.6. The average molecular weight is 343 g/mol. The molecule has 0 aliphatic carbocycles. The van der Waals surface area contributed by atoms with Gasteiger partial charge in [-0.25, -0.2) is 15.0 Å². The van der Waals surface area contributed by atoms with Crippen molar-refractivity contribution < 1.29 is 13.2 Å². The van der Waals surface area contributed by atoms with Crippen LogP contribution >= 0.6 is 0 Å². The van der Waals surface area contributed by atoms with Crippen LogP contribution in [0.5, 0.6) is 0 Å². The van der Waals surface area contributed by atoms with Gasteiger partial charge in [0.05, 0.1) is 29.1 Å². The highest BCUT2D eigenvalue weighted by Crippen LogP contribution is 2.34. The molecule has 0 aliphatic heterocycles. The molecule has 3 heterocycles. The van der Waals surface area contributed by atoms with Crippen molar-refractivity contribution in [3.63, 3.8) is 0 Å². The number of aromatic nitrogens is 4. The fraction of sp³-hybridized carbons (Fsp3) is 0.133. The number of H-pyrrole nitrogens is 1. The van der Waals surface area contributed by atoms with E-state index < -0.39 is 11.7 Å². The molecule has 3 rings (SSSR count). The third kappa shape index (κ3) is 3.05. The summed E-state index contributed by atoms with van der Waals surface area (Å²) < 4.78 is 38.8. The van der Waals surface area contributed by atoms with E-state index in [9.17, 15) is 18.4 Å². The molecule has 0 spiro atoms. The number of anilines is 1. The first-order chi connectivity index (χ1) is 11.9. The van der Waals surface area contributed by atoms with E-state index in [1.807, 2.05) is 12.1 Å². The topological polar surface area (TPSA) is 114 Å². The molecule has 0 aliphatic rings. The maximum absolute atomic E-state index is 12.9. The number of pyridine rings is 1. The molecule has 10 heteroatoms. The Morgan fingerprint density at radius 3 is 2.68 bits per heavy atom. The minimum absolute atomic E-state index is 0.0565. The lowest BCUT2D eigenvalue weighted by molar-refractivity contribution is -0.137. The molecule has 2 N–H and O–H groups in total. The molecule has 0 radical (unpaired) electrons. The van der Waals surface area contributed by atoms with Crippen LogP contribution in [0, 0.1) is 22.7 Å². The van der Waals surface area contributed by atoms with Crippen LogP contribution in [-0.4, -0.2) is 26.5 Å².